The molecule has 1 aliphatic heterocycles. The number of anilines is 1. The molecule has 0 spiro atoms. The summed E-state index contributed by atoms with van der Waals surface area (Å²) in [5.74, 6) is 1.52. The molecule has 1 aromatic carbocycles. The van der Waals surface area contributed by atoms with Crippen molar-refractivity contribution in [1.82, 2.24) is 20.2 Å². The van der Waals surface area contributed by atoms with Crippen LogP contribution in [0.1, 0.15) is 64.0 Å². The highest BCUT2D eigenvalue weighted by Crippen LogP contribution is 2.26. The van der Waals surface area contributed by atoms with Crippen LogP contribution >= 0.6 is 0 Å². The molecule has 1 aromatic heterocycles. The van der Waals surface area contributed by atoms with Crippen molar-refractivity contribution < 1.29 is 4.90 Å². The van der Waals surface area contributed by atoms with Gasteiger partial charge in [-0.2, -0.15) is 0 Å². The van der Waals surface area contributed by atoms with Gasteiger partial charge in [0.05, 0.1) is 31.7 Å². The lowest BCUT2D eigenvalue weighted by Crippen LogP contribution is -3.15. The number of hydrogen-bond donors (Lipinski definition) is 1. The fraction of sp³-hybridized carbons (Fsp3) is 0.682. The molecule has 1 atom stereocenters. The Labute approximate surface area is 169 Å². The molecule has 6 heteroatoms. The van der Waals surface area contributed by atoms with Crippen molar-refractivity contribution in [2.24, 2.45) is 5.92 Å². The van der Waals surface area contributed by atoms with Gasteiger partial charge in [0.2, 0.25) is 5.82 Å². The Hall–Kier alpha value is -1.95. The van der Waals surface area contributed by atoms with Gasteiger partial charge < -0.3 is 9.80 Å². The van der Waals surface area contributed by atoms with Crippen LogP contribution in [0.25, 0.3) is 0 Å². The molecule has 1 N–H and O–H groups in total. The fourth-order valence-electron chi connectivity index (χ4n) is 4.35. The first-order valence-electron chi connectivity index (χ1n) is 10.7. The molecule has 1 saturated heterocycles. The van der Waals surface area contributed by atoms with Crippen LogP contribution in [-0.2, 0) is 5.54 Å². The number of aromatic nitrogens is 4. The van der Waals surface area contributed by atoms with Crippen molar-refractivity contribution in [3.05, 3.63) is 35.2 Å². The zero-order chi connectivity index (χ0) is 20.5. The molecule has 6 nitrogen and oxygen atoms in total. The summed E-state index contributed by atoms with van der Waals surface area (Å²) in [6.07, 6.45) is 1.01. The van der Waals surface area contributed by atoms with Crippen LogP contribution in [0.4, 0.5) is 5.69 Å². The van der Waals surface area contributed by atoms with E-state index in [2.05, 4.69) is 91.8 Å². The lowest BCUT2D eigenvalue weighted by Gasteiger charge is -2.39. The molecular weight excluding hydrogens is 348 g/mol. The Bertz CT molecular complexity index is 786. The number of benzene rings is 1. The largest absolute Gasteiger partial charge is 0.360 e. The van der Waals surface area contributed by atoms with Gasteiger partial charge in [-0.15, -0.1) is 5.10 Å². The summed E-state index contributed by atoms with van der Waals surface area (Å²) in [6.45, 7) is 20.0. The predicted molar refractivity (Wildman–Crippen MR) is 114 cm³/mol. The van der Waals surface area contributed by atoms with Crippen LogP contribution in [0, 0.1) is 19.8 Å². The molecule has 2 heterocycles. The minimum atomic E-state index is -0.0636. The lowest BCUT2D eigenvalue weighted by atomic mass is 9.97. The van der Waals surface area contributed by atoms with Crippen molar-refractivity contribution in [3.8, 4) is 0 Å². The van der Waals surface area contributed by atoms with Gasteiger partial charge in [-0.05, 0) is 61.7 Å². The van der Waals surface area contributed by atoms with E-state index in [9.17, 15) is 0 Å². The summed E-state index contributed by atoms with van der Waals surface area (Å²) in [4.78, 5) is 4.14. The molecule has 1 fully saturated rings. The maximum Gasteiger partial charge on any atom is 0.210 e. The van der Waals surface area contributed by atoms with Crippen molar-refractivity contribution in [3.63, 3.8) is 0 Å². The van der Waals surface area contributed by atoms with Gasteiger partial charge in [-0.3, -0.25) is 0 Å². The molecular formula is C22H37N6+. The number of nitrogens with zero attached hydrogens (tertiary/aromatic N) is 5. The highest BCUT2D eigenvalue weighted by Gasteiger charge is 2.37. The second-order valence-corrected chi connectivity index (χ2v) is 9.20. The number of tetrazole rings is 1. The molecule has 0 saturated carbocycles. The molecule has 2 aromatic rings. The number of rotatable bonds is 6. The lowest BCUT2D eigenvalue weighted by molar-refractivity contribution is -0.937. The number of quaternary nitrogens is 1. The standard InChI is InChI=1S/C22H36N6/c1-8-22(6,7)28-21(23-24-25-28)20(16(2)3)27-14-12-26(13-15-27)19-11-9-10-17(4)18(19)5/h9-11,16,20H,8,12-15H2,1-7H3/p+1/t20-/m1/s1. The van der Waals surface area contributed by atoms with Gasteiger partial charge in [0, 0.05) is 11.6 Å². The summed E-state index contributed by atoms with van der Waals surface area (Å²) in [5.41, 5.74) is 4.09. The van der Waals surface area contributed by atoms with Crippen molar-refractivity contribution in [2.45, 2.75) is 66.5 Å². The third-order valence-corrected chi connectivity index (χ3v) is 6.64. The zero-order valence-corrected chi connectivity index (χ0v) is 18.7. The van der Waals surface area contributed by atoms with E-state index >= 15 is 0 Å². The van der Waals surface area contributed by atoms with E-state index in [0.717, 1.165) is 38.4 Å². The highest BCUT2D eigenvalue weighted by atomic mass is 15.6. The van der Waals surface area contributed by atoms with E-state index < -0.39 is 0 Å². The third-order valence-electron chi connectivity index (χ3n) is 6.64. The summed E-state index contributed by atoms with van der Waals surface area (Å²) in [5, 5.41) is 12.9. The summed E-state index contributed by atoms with van der Waals surface area (Å²) < 4.78 is 2.07. The molecule has 0 amide bonds. The Balaban J connectivity index is 1.80. The molecule has 1 aliphatic rings. The van der Waals surface area contributed by atoms with Crippen molar-refractivity contribution >= 4 is 5.69 Å². The Morgan fingerprint density at radius 3 is 2.43 bits per heavy atom. The Morgan fingerprint density at radius 2 is 1.82 bits per heavy atom. The summed E-state index contributed by atoms with van der Waals surface area (Å²) >= 11 is 0. The van der Waals surface area contributed by atoms with Crippen molar-refractivity contribution in [2.75, 3.05) is 31.1 Å². The van der Waals surface area contributed by atoms with E-state index in [-0.39, 0.29) is 5.54 Å². The average Bonchev–Trinajstić information content (AvgIpc) is 3.15. The van der Waals surface area contributed by atoms with E-state index in [4.69, 9.17) is 0 Å². The third kappa shape index (κ3) is 3.93. The predicted octanol–water partition coefficient (Wildman–Crippen LogP) is 2.54. The van der Waals surface area contributed by atoms with E-state index in [1.165, 1.54) is 16.8 Å². The van der Waals surface area contributed by atoms with Crippen LogP contribution in [-0.4, -0.2) is 46.4 Å². The molecule has 0 bridgehead atoms. The smallest absolute Gasteiger partial charge is 0.210 e. The van der Waals surface area contributed by atoms with Gasteiger partial charge in [-0.1, -0.05) is 32.9 Å². The van der Waals surface area contributed by atoms with Crippen molar-refractivity contribution in [1.29, 1.82) is 0 Å². The second-order valence-electron chi connectivity index (χ2n) is 9.20. The van der Waals surface area contributed by atoms with Crippen LogP contribution in [0.3, 0.4) is 0 Å². The fourth-order valence-corrected chi connectivity index (χ4v) is 4.35. The van der Waals surface area contributed by atoms with E-state index in [0.29, 0.717) is 12.0 Å². The molecule has 0 aliphatic carbocycles. The van der Waals surface area contributed by atoms with Gasteiger partial charge in [0.25, 0.3) is 0 Å². The van der Waals surface area contributed by atoms with Crippen LogP contribution in [0.5, 0.6) is 0 Å². The molecule has 0 radical (unpaired) electrons. The normalized spacial score (nSPS) is 17.4. The zero-order valence-electron chi connectivity index (χ0n) is 18.7. The minimum absolute atomic E-state index is 0.0636. The average molecular weight is 386 g/mol. The van der Waals surface area contributed by atoms with E-state index in [1.807, 2.05) is 0 Å². The molecule has 0 unspecified atom stereocenters. The summed E-state index contributed by atoms with van der Waals surface area (Å²) in [6, 6.07) is 6.96. The number of hydrogen-bond acceptors (Lipinski definition) is 4. The van der Waals surface area contributed by atoms with Crippen LogP contribution in [0.15, 0.2) is 18.2 Å². The second kappa shape index (κ2) is 8.19. The molecule has 3 rings (SSSR count). The number of piperazine rings is 1. The molecule has 154 valence electrons. The SMILES string of the molecule is CCC(C)(C)n1nnnc1[C@@H](C(C)C)[NH+]1CCN(c2cccc(C)c2C)CC1. The van der Waals surface area contributed by atoms with Gasteiger partial charge in [0.1, 0.15) is 0 Å². The van der Waals surface area contributed by atoms with Gasteiger partial charge in [0.15, 0.2) is 6.04 Å². The number of nitrogens with one attached hydrogen (secondary N) is 1. The number of aryl methyl sites for hydroxylation is 1. The topological polar surface area (TPSA) is 51.3 Å². The first kappa shape index (κ1) is 20.8. The quantitative estimate of drug-likeness (QED) is 0.830. The van der Waals surface area contributed by atoms with Crippen LogP contribution < -0.4 is 9.80 Å². The monoisotopic (exact) mass is 385 g/mol. The van der Waals surface area contributed by atoms with Gasteiger partial charge >= 0.3 is 0 Å². The van der Waals surface area contributed by atoms with Gasteiger partial charge in [-0.25, -0.2) is 4.68 Å². The Kier molecular flexibility index (Phi) is 6.08. The summed E-state index contributed by atoms with van der Waals surface area (Å²) in [7, 11) is 0. The minimum Gasteiger partial charge on any atom is -0.360 e. The van der Waals surface area contributed by atoms with E-state index in [1.54, 1.807) is 4.90 Å². The van der Waals surface area contributed by atoms with Crippen LogP contribution in [0.2, 0.25) is 0 Å². The maximum atomic E-state index is 4.50. The molecule has 28 heavy (non-hydrogen) atoms. The maximum absolute atomic E-state index is 4.50. The Morgan fingerprint density at radius 1 is 1.14 bits per heavy atom. The highest BCUT2D eigenvalue weighted by molar-refractivity contribution is 5.56. The first-order valence-corrected chi connectivity index (χ1v) is 10.7. The first-order chi connectivity index (χ1) is 13.3.